The molecule has 0 radical (unpaired) electrons. The molecule has 0 bridgehead atoms. The number of piperazine rings is 2. The average Bonchev–Trinajstić information content (AvgIpc) is 1.64. The van der Waals surface area contributed by atoms with Crippen LogP contribution >= 0.6 is 0 Å². The molecule has 31 heteroatoms. The molecule has 4 atom stereocenters. The van der Waals surface area contributed by atoms with Gasteiger partial charge in [-0.05, 0) is 165 Å². The monoisotopic (exact) mass is 1910 g/mol. The molecule has 4 amide bonds. The van der Waals surface area contributed by atoms with Crippen LogP contribution in [0.25, 0.3) is 0 Å². The summed E-state index contributed by atoms with van der Waals surface area (Å²) in [7, 11) is -0.967. The zero-order chi connectivity index (χ0) is 97.2. The number of amides is 4. The Morgan fingerprint density at radius 2 is 0.576 bits per heavy atom. The van der Waals surface area contributed by atoms with Crippen LogP contribution in [0.4, 0.5) is 8.78 Å². The number of ether oxygens (including phenoxy) is 4. The number of likely N-dealkylation sites (N-methyl/N-ethyl adjacent to an activating group) is 1. The Balaban J connectivity index is 0.000000128. The third-order valence-electron chi connectivity index (χ3n) is 28.7. The maximum absolute atomic E-state index is 13.7. The van der Waals surface area contributed by atoms with Crippen LogP contribution in [0.5, 0.6) is 23.0 Å². The lowest BCUT2D eigenvalue weighted by Gasteiger charge is -2.33. The van der Waals surface area contributed by atoms with Crippen LogP contribution < -0.4 is 18.9 Å². The predicted molar refractivity (Wildman–Crippen MR) is 512 cm³/mol. The highest BCUT2D eigenvalue weighted by Gasteiger charge is 2.46. The first-order valence-corrected chi connectivity index (χ1v) is 50.5. The summed E-state index contributed by atoms with van der Waals surface area (Å²) in [6.07, 6.45) is 8.23. The molecule has 28 nitrogen and oxygen atoms in total. The number of piperidine rings is 2. The lowest BCUT2D eigenvalue weighted by atomic mass is 9.92. The normalized spacial score (nSPS) is 21.7. The molecular formula is C108H120F2N10O18S. The molecule has 8 aromatic rings. The summed E-state index contributed by atoms with van der Waals surface area (Å²) in [6, 6.07) is 52.5. The highest BCUT2D eigenvalue weighted by Crippen LogP contribution is 2.41. The molecule has 4 saturated heterocycles. The zero-order valence-corrected chi connectivity index (χ0v) is 79.8. The van der Waals surface area contributed by atoms with E-state index >= 15 is 0 Å². The number of ketones is 8. The van der Waals surface area contributed by atoms with E-state index in [-0.39, 0.29) is 115 Å². The van der Waals surface area contributed by atoms with Crippen molar-refractivity contribution in [3.05, 3.63) is 259 Å². The van der Waals surface area contributed by atoms with Gasteiger partial charge in [0, 0.05) is 155 Å². The second kappa shape index (κ2) is 44.1. The molecule has 20 rings (SSSR count). The van der Waals surface area contributed by atoms with Gasteiger partial charge in [0.25, 0.3) is 29.6 Å². The number of sulfonamides is 1. The maximum atomic E-state index is 13.7. The SMILES string of the molecule is CN1CCN(Cc2ccc(COc3cccc4c3CN(C3CCC(=O)CC3=O)C4=O)cc2)CC1.CS(=O)(=O)N1CCN(Cc2ccc(COc3cccc4c3CN(C3CCC(=O)CC3=O)C4=O)cc2)CC1.O=C1CCC(N2Cc3c(OCc4ccc(CN5CCCC(F)(F)C5)cc4)cccc3C2=O)C(=O)C1.O=C1CCC(N2Cc3c(OCc4ccc(CN5CCCCC5)cc4)cccc3C2=O)C(=O)C1. The molecule has 8 aliphatic heterocycles. The standard InChI is InChI=1S/C27H28F2N2O4.C27H31N3O6S.C27H31N3O4.C27H30N2O4/c28-27(29)11-2-12-30(17-27)14-18-5-7-19(8-6-18)16-35-25-4-1-3-21-22(25)15-31(26(21)34)23-10-9-20(32)13-24(23)33;1-37(34,35)29-13-11-28(12-14-29)16-19-5-7-20(8-6-19)18-36-26-4-2-3-22-23(26)17-30(27(22)33)24-10-9-21(31)15-25(24)32;1-28-11-13-29(14-12-28)16-19-5-7-20(8-6-19)18-34-26-4-2-3-22-23(26)17-30(27(22)33)24-10-9-21(31)15-25(24)32;30-21-11-12-24(25(31)15-21)29-17-23-22(27(29)32)5-4-6-26(23)33-18-20-9-7-19(8-10-20)16-28-13-2-1-3-14-28/h1,3-8,23H,2,9-17H2;2-8,24H,9-18H2,1H3;2-8,24H,9-18H2,1H3;4-10,24H,1-3,11-18H2. The quantitative estimate of drug-likeness (QED) is 0.0480. The summed E-state index contributed by atoms with van der Waals surface area (Å²) in [4.78, 5) is 166. The van der Waals surface area contributed by atoms with Crippen molar-refractivity contribution < 1.29 is 93.7 Å². The molecule has 0 N–H and O–H groups in total. The summed E-state index contributed by atoms with van der Waals surface area (Å²) >= 11 is 0. The number of Topliss-reactive ketones (excluding diaryl/α,β-unsaturated/α-hetero) is 8. The zero-order valence-electron chi connectivity index (χ0n) is 79.0. The van der Waals surface area contributed by atoms with Crippen LogP contribution in [0, 0.1) is 0 Å². The number of fused-ring (bicyclic) bond motifs is 4. The van der Waals surface area contributed by atoms with Gasteiger partial charge in [0.1, 0.15) is 72.6 Å². The fourth-order valence-corrected chi connectivity index (χ4v) is 21.6. The van der Waals surface area contributed by atoms with Gasteiger partial charge in [-0.25, -0.2) is 17.2 Å². The first kappa shape index (κ1) is 98.4. The van der Waals surface area contributed by atoms with Crippen molar-refractivity contribution in [3.8, 4) is 23.0 Å². The second-order valence-corrected chi connectivity index (χ2v) is 40.7. The fraction of sp³-hybridized carbons (Fsp3) is 0.444. The third kappa shape index (κ3) is 24.3. The molecular weight excluding hydrogens is 1800 g/mol. The van der Waals surface area contributed by atoms with Crippen LogP contribution in [-0.2, 0) is 127 Å². The smallest absolute Gasteiger partial charge is 0.260 e. The summed E-state index contributed by atoms with van der Waals surface area (Å²) < 4.78 is 76.6. The van der Waals surface area contributed by atoms with E-state index in [1.54, 1.807) is 60.9 Å². The number of rotatable bonds is 25. The van der Waals surface area contributed by atoms with Gasteiger partial charge in [0.2, 0.25) is 10.0 Å². The summed E-state index contributed by atoms with van der Waals surface area (Å²) in [5, 5.41) is 0. The Morgan fingerprint density at radius 1 is 0.317 bits per heavy atom. The number of halogens is 2. The molecule has 139 heavy (non-hydrogen) atoms. The number of alkyl halides is 2. The van der Waals surface area contributed by atoms with E-state index in [1.807, 2.05) is 72.8 Å². The molecule has 8 fully saturated rings. The minimum Gasteiger partial charge on any atom is -0.489 e. The highest BCUT2D eigenvalue weighted by molar-refractivity contribution is 7.88. The van der Waals surface area contributed by atoms with E-state index < -0.39 is 40.1 Å². The molecule has 8 heterocycles. The lowest BCUT2D eigenvalue weighted by molar-refractivity contribution is -0.134. The maximum Gasteiger partial charge on any atom is 0.260 e. The predicted octanol–water partition coefficient (Wildman–Crippen LogP) is 12.7. The Bertz CT molecular complexity index is 6080. The van der Waals surface area contributed by atoms with Crippen LogP contribution in [0.1, 0.15) is 217 Å². The van der Waals surface area contributed by atoms with Gasteiger partial charge in [0.15, 0.2) is 23.1 Å². The van der Waals surface area contributed by atoms with Crippen molar-refractivity contribution in [2.24, 2.45) is 0 Å². The van der Waals surface area contributed by atoms with Crippen molar-refractivity contribution in [1.29, 1.82) is 0 Å². The lowest BCUT2D eigenvalue weighted by Crippen LogP contribution is -2.47. The Morgan fingerprint density at radius 3 is 0.849 bits per heavy atom. The van der Waals surface area contributed by atoms with Crippen LogP contribution in [0.15, 0.2) is 170 Å². The molecule has 8 aromatic carbocycles. The molecule has 12 aliphatic rings. The van der Waals surface area contributed by atoms with Gasteiger partial charge < -0.3 is 43.4 Å². The Kier molecular flexibility index (Phi) is 31.2. The van der Waals surface area contributed by atoms with Gasteiger partial charge in [-0.15, -0.1) is 0 Å². The third-order valence-corrected chi connectivity index (χ3v) is 30.0. The summed E-state index contributed by atoms with van der Waals surface area (Å²) in [5.41, 5.74) is 14.3. The van der Waals surface area contributed by atoms with Gasteiger partial charge in [-0.1, -0.05) is 128 Å². The van der Waals surface area contributed by atoms with E-state index in [0.717, 1.165) is 101 Å². The number of hydrogen-bond acceptors (Lipinski definition) is 23. The first-order valence-electron chi connectivity index (χ1n) is 48.7. The molecule has 4 saturated carbocycles. The molecule has 0 aromatic heterocycles. The fourth-order valence-electron chi connectivity index (χ4n) is 20.8. The van der Waals surface area contributed by atoms with Gasteiger partial charge in [-0.3, -0.25) is 77.1 Å². The van der Waals surface area contributed by atoms with E-state index in [4.69, 9.17) is 18.9 Å². The second-order valence-electron chi connectivity index (χ2n) is 38.8. The highest BCUT2D eigenvalue weighted by atomic mass is 32.2. The topological polar surface area (TPSA) is 308 Å². The molecule has 0 spiro atoms. The Labute approximate surface area is 809 Å². The summed E-state index contributed by atoms with van der Waals surface area (Å²) in [5.74, 6) is -1.61. The first-order chi connectivity index (χ1) is 67.0. The van der Waals surface area contributed by atoms with Crippen molar-refractivity contribution in [2.75, 3.05) is 91.8 Å². The largest absolute Gasteiger partial charge is 0.489 e. The van der Waals surface area contributed by atoms with Crippen LogP contribution in [-0.4, -0.2) is 249 Å². The van der Waals surface area contributed by atoms with Crippen molar-refractivity contribution in [2.45, 2.75) is 218 Å². The van der Waals surface area contributed by atoms with Crippen molar-refractivity contribution in [1.82, 2.24) is 48.4 Å². The number of benzene rings is 8. The molecule has 730 valence electrons. The van der Waals surface area contributed by atoms with E-state index in [0.29, 0.717) is 188 Å². The van der Waals surface area contributed by atoms with Crippen LogP contribution in [0.3, 0.4) is 0 Å². The van der Waals surface area contributed by atoms with Gasteiger partial charge >= 0.3 is 0 Å². The summed E-state index contributed by atoms with van der Waals surface area (Å²) in [6.45, 7) is 15.7. The minimum absolute atomic E-state index is 0.0358. The molecule has 4 unspecified atom stereocenters. The Hall–Kier alpha value is -12.2. The minimum atomic E-state index is -3.13. The van der Waals surface area contributed by atoms with E-state index in [9.17, 15) is 74.7 Å². The number of nitrogens with zero attached hydrogens (tertiary/aromatic N) is 10. The van der Waals surface area contributed by atoms with Gasteiger partial charge in [0.05, 0.1) is 88.8 Å². The number of likely N-dealkylation sites (tertiary alicyclic amines) is 2. The average molecular weight is 1920 g/mol. The van der Waals surface area contributed by atoms with E-state index in [2.05, 4.69) is 87.3 Å². The van der Waals surface area contributed by atoms with Gasteiger partial charge in [-0.2, -0.15) is 4.31 Å². The van der Waals surface area contributed by atoms with E-state index in [1.165, 1.54) is 54.0 Å². The number of carbonyl (C=O) groups is 12. The van der Waals surface area contributed by atoms with Crippen molar-refractivity contribution in [3.63, 3.8) is 0 Å². The number of carbonyl (C=O) groups excluding carboxylic acids is 12. The number of hydrogen-bond donors (Lipinski definition) is 0. The van der Waals surface area contributed by atoms with Crippen molar-refractivity contribution >= 4 is 79.9 Å². The molecule has 4 aliphatic carbocycles. The van der Waals surface area contributed by atoms with Crippen LogP contribution in [0.2, 0.25) is 0 Å².